The van der Waals surface area contributed by atoms with E-state index in [4.69, 9.17) is 13.9 Å². The first kappa shape index (κ1) is 15.1. The molecule has 0 aliphatic carbocycles. The standard InChI is InChI=1S/C14H20N4O3/c1-9(2)15-8-13-17-18-14(21-13)16-11-7-10(19-3)5-6-12(11)20-4/h5-7,9,15H,8H2,1-4H3,(H,16,18). The Labute approximate surface area is 123 Å². The zero-order chi connectivity index (χ0) is 15.2. The molecular weight excluding hydrogens is 272 g/mol. The zero-order valence-corrected chi connectivity index (χ0v) is 12.6. The van der Waals surface area contributed by atoms with E-state index >= 15 is 0 Å². The van der Waals surface area contributed by atoms with Crippen molar-refractivity contribution >= 4 is 11.7 Å². The molecule has 0 amide bonds. The van der Waals surface area contributed by atoms with Gasteiger partial charge in [0.05, 0.1) is 26.5 Å². The van der Waals surface area contributed by atoms with E-state index in [-0.39, 0.29) is 0 Å². The lowest BCUT2D eigenvalue weighted by molar-refractivity contribution is 0.404. The molecule has 0 atom stereocenters. The second kappa shape index (κ2) is 6.94. The van der Waals surface area contributed by atoms with Crippen LogP contribution in [0.4, 0.5) is 11.7 Å². The van der Waals surface area contributed by atoms with Crippen molar-refractivity contribution in [2.75, 3.05) is 19.5 Å². The third-order valence-electron chi connectivity index (χ3n) is 2.78. The summed E-state index contributed by atoms with van der Waals surface area (Å²) in [5, 5.41) is 14.2. The number of nitrogens with zero attached hydrogens (tertiary/aromatic N) is 2. The van der Waals surface area contributed by atoms with Crippen molar-refractivity contribution < 1.29 is 13.9 Å². The van der Waals surface area contributed by atoms with E-state index in [2.05, 4.69) is 34.7 Å². The van der Waals surface area contributed by atoms with Gasteiger partial charge in [-0.15, -0.1) is 5.10 Å². The van der Waals surface area contributed by atoms with Gasteiger partial charge in [-0.2, -0.15) is 0 Å². The number of ether oxygens (including phenoxy) is 2. The van der Waals surface area contributed by atoms with Crippen LogP contribution in [0.1, 0.15) is 19.7 Å². The lowest BCUT2D eigenvalue weighted by Gasteiger charge is -2.09. The van der Waals surface area contributed by atoms with Crippen molar-refractivity contribution in [3.8, 4) is 11.5 Å². The Morgan fingerprint density at radius 1 is 1.19 bits per heavy atom. The monoisotopic (exact) mass is 292 g/mol. The number of rotatable bonds is 7. The van der Waals surface area contributed by atoms with E-state index in [1.807, 2.05) is 6.07 Å². The van der Waals surface area contributed by atoms with Crippen molar-refractivity contribution in [2.45, 2.75) is 26.4 Å². The second-order valence-electron chi connectivity index (χ2n) is 4.73. The molecule has 0 aliphatic heterocycles. The molecule has 0 fully saturated rings. The molecule has 0 unspecified atom stereocenters. The Morgan fingerprint density at radius 2 is 2.00 bits per heavy atom. The maximum atomic E-state index is 5.52. The predicted molar refractivity (Wildman–Crippen MR) is 79.1 cm³/mol. The molecule has 0 spiro atoms. The van der Waals surface area contributed by atoms with E-state index in [1.54, 1.807) is 26.4 Å². The summed E-state index contributed by atoms with van der Waals surface area (Å²) in [5.41, 5.74) is 0.698. The predicted octanol–water partition coefficient (Wildman–Crippen LogP) is 2.33. The molecule has 0 saturated carbocycles. The summed E-state index contributed by atoms with van der Waals surface area (Å²) < 4.78 is 16.0. The van der Waals surface area contributed by atoms with Gasteiger partial charge in [0, 0.05) is 12.1 Å². The van der Waals surface area contributed by atoms with Crippen molar-refractivity contribution in [3.05, 3.63) is 24.1 Å². The van der Waals surface area contributed by atoms with E-state index < -0.39 is 0 Å². The number of methoxy groups -OCH3 is 2. The molecule has 1 aromatic carbocycles. The normalized spacial score (nSPS) is 10.7. The summed E-state index contributed by atoms with van der Waals surface area (Å²) in [6.07, 6.45) is 0. The Balaban J connectivity index is 2.10. The first-order valence-electron chi connectivity index (χ1n) is 6.67. The second-order valence-corrected chi connectivity index (χ2v) is 4.73. The van der Waals surface area contributed by atoms with E-state index in [0.29, 0.717) is 41.7 Å². The van der Waals surface area contributed by atoms with Gasteiger partial charge >= 0.3 is 6.01 Å². The Kier molecular flexibility index (Phi) is 4.99. The molecule has 21 heavy (non-hydrogen) atoms. The van der Waals surface area contributed by atoms with Crippen LogP contribution in [0.3, 0.4) is 0 Å². The third kappa shape index (κ3) is 4.09. The van der Waals surface area contributed by atoms with Crippen LogP contribution in [-0.4, -0.2) is 30.5 Å². The van der Waals surface area contributed by atoms with Gasteiger partial charge in [-0.05, 0) is 12.1 Å². The molecular formula is C14H20N4O3. The summed E-state index contributed by atoms with van der Waals surface area (Å²) in [5.74, 6) is 1.89. The lowest BCUT2D eigenvalue weighted by Crippen LogP contribution is -2.21. The number of hydrogen-bond donors (Lipinski definition) is 2. The molecule has 1 aromatic heterocycles. The quantitative estimate of drug-likeness (QED) is 0.810. The van der Waals surface area contributed by atoms with E-state index in [0.717, 1.165) is 0 Å². The van der Waals surface area contributed by atoms with Gasteiger partial charge in [0.1, 0.15) is 11.5 Å². The van der Waals surface area contributed by atoms with E-state index in [1.165, 1.54) is 0 Å². The highest BCUT2D eigenvalue weighted by Gasteiger charge is 2.10. The fourth-order valence-electron chi connectivity index (χ4n) is 1.69. The van der Waals surface area contributed by atoms with Crippen molar-refractivity contribution in [1.29, 1.82) is 0 Å². The molecule has 2 N–H and O–H groups in total. The van der Waals surface area contributed by atoms with Crippen molar-refractivity contribution in [3.63, 3.8) is 0 Å². The summed E-state index contributed by atoms with van der Waals surface area (Å²) >= 11 is 0. The van der Waals surface area contributed by atoms with Crippen LogP contribution in [0.2, 0.25) is 0 Å². The van der Waals surface area contributed by atoms with Gasteiger partial charge in [-0.1, -0.05) is 18.9 Å². The van der Waals surface area contributed by atoms with Gasteiger partial charge in [-0.25, -0.2) is 0 Å². The molecule has 0 saturated heterocycles. The molecule has 7 nitrogen and oxygen atoms in total. The Bertz CT molecular complexity index is 583. The highest BCUT2D eigenvalue weighted by molar-refractivity contribution is 5.64. The average molecular weight is 292 g/mol. The number of aromatic nitrogens is 2. The van der Waals surface area contributed by atoms with Crippen LogP contribution >= 0.6 is 0 Å². The van der Waals surface area contributed by atoms with Gasteiger partial charge in [0.15, 0.2) is 0 Å². The number of nitrogens with one attached hydrogen (secondary N) is 2. The fourth-order valence-corrected chi connectivity index (χ4v) is 1.69. The smallest absolute Gasteiger partial charge is 0.320 e. The fraction of sp³-hybridized carbons (Fsp3) is 0.429. The first-order valence-corrected chi connectivity index (χ1v) is 6.67. The number of anilines is 2. The van der Waals surface area contributed by atoms with Gasteiger partial charge in [0.2, 0.25) is 5.89 Å². The van der Waals surface area contributed by atoms with Crippen LogP contribution in [-0.2, 0) is 6.54 Å². The number of benzene rings is 1. The highest BCUT2D eigenvalue weighted by Crippen LogP contribution is 2.31. The van der Waals surface area contributed by atoms with Crippen LogP contribution in [0.15, 0.2) is 22.6 Å². The number of hydrogen-bond acceptors (Lipinski definition) is 7. The first-order chi connectivity index (χ1) is 10.1. The summed E-state index contributed by atoms with van der Waals surface area (Å²) in [4.78, 5) is 0. The third-order valence-corrected chi connectivity index (χ3v) is 2.78. The van der Waals surface area contributed by atoms with Crippen LogP contribution < -0.4 is 20.1 Å². The molecule has 2 aromatic rings. The van der Waals surface area contributed by atoms with Gasteiger partial charge < -0.3 is 24.5 Å². The average Bonchev–Trinajstić information content (AvgIpc) is 2.92. The van der Waals surface area contributed by atoms with Crippen LogP contribution in [0.25, 0.3) is 0 Å². The van der Waals surface area contributed by atoms with Gasteiger partial charge in [0.25, 0.3) is 0 Å². The van der Waals surface area contributed by atoms with Crippen LogP contribution in [0, 0.1) is 0 Å². The molecule has 0 aliphatic rings. The highest BCUT2D eigenvalue weighted by atomic mass is 16.5. The summed E-state index contributed by atoms with van der Waals surface area (Å²) in [6.45, 7) is 4.63. The maximum absolute atomic E-state index is 5.52. The van der Waals surface area contributed by atoms with Crippen molar-refractivity contribution in [2.24, 2.45) is 0 Å². The lowest BCUT2D eigenvalue weighted by atomic mass is 10.2. The zero-order valence-electron chi connectivity index (χ0n) is 12.6. The molecule has 2 rings (SSSR count). The molecule has 0 radical (unpaired) electrons. The molecule has 0 bridgehead atoms. The topological polar surface area (TPSA) is 81.4 Å². The van der Waals surface area contributed by atoms with Gasteiger partial charge in [-0.3, -0.25) is 0 Å². The summed E-state index contributed by atoms with van der Waals surface area (Å²) in [7, 11) is 3.20. The van der Waals surface area contributed by atoms with Crippen LogP contribution in [0.5, 0.6) is 11.5 Å². The maximum Gasteiger partial charge on any atom is 0.320 e. The minimum atomic E-state index is 0.308. The molecule has 7 heteroatoms. The molecule has 114 valence electrons. The van der Waals surface area contributed by atoms with Crippen molar-refractivity contribution in [1.82, 2.24) is 15.5 Å². The Hall–Kier alpha value is -2.28. The summed E-state index contributed by atoms with van der Waals surface area (Å²) in [6, 6.07) is 6.08. The largest absolute Gasteiger partial charge is 0.497 e. The van der Waals surface area contributed by atoms with E-state index in [9.17, 15) is 0 Å². The minimum Gasteiger partial charge on any atom is -0.497 e. The minimum absolute atomic E-state index is 0.308. The Morgan fingerprint density at radius 3 is 2.67 bits per heavy atom. The molecule has 1 heterocycles. The SMILES string of the molecule is COc1ccc(OC)c(Nc2nnc(CNC(C)C)o2)c1.